The molecule has 4 rings (SSSR count). The molecule has 0 aliphatic rings. The number of carbonyl (C=O) groups is 2. The summed E-state index contributed by atoms with van der Waals surface area (Å²) >= 11 is 0. The standard InChI is InChI=1S/C29H19N3O7S/c30-19-25(27(20-10-4-1-5-11-20)39-29(34)22-14-8-3-9-15-22)32-31-24-18-23(40(35,36)37)16-17-26(24)38-28(33)21-12-6-2-7-13-21/h1-18H,(H,35,36,37)/b27-25+,32-31+. The normalized spacial score (nSPS) is 11.8. The highest BCUT2D eigenvalue weighted by atomic mass is 32.2. The van der Waals surface area contributed by atoms with Crippen molar-refractivity contribution in [2.45, 2.75) is 4.90 Å². The van der Waals surface area contributed by atoms with Crippen molar-refractivity contribution in [1.82, 2.24) is 0 Å². The van der Waals surface area contributed by atoms with Crippen molar-refractivity contribution in [1.29, 1.82) is 5.26 Å². The lowest BCUT2D eigenvalue weighted by atomic mass is 10.1. The van der Waals surface area contributed by atoms with Crippen LogP contribution >= 0.6 is 0 Å². The number of carbonyl (C=O) groups excluding carboxylic acids is 2. The SMILES string of the molecule is N#CC(/N=N/c1cc(S(=O)(=O)O)ccc1OC(=O)c1ccccc1)=C(\OC(=O)c1ccccc1)c1ccccc1. The first-order chi connectivity index (χ1) is 19.3. The van der Waals surface area contributed by atoms with Gasteiger partial charge in [0.25, 0.3) is 10.1 Å². The number of azo groups is 1. The van der Waals surface area contributed by atoms with Crippen LogP contribution in [-0.4, -0.2) is 24.9 Å². The molecule has 0 aliphatic carbocycles. The zero-order valence-electron chi connectivity index (χ0n) is 20.5. The Balaban J connectivity index is 1.78. The van der Waals surface area contributed by atoms with E-state index in [0.29, 0.717) is 5.56 Å². The second-order valence-corrected chi connectivity index (χ2v) is 9.39. The molecule has 4 aromatic rings. The van der Waals surface area contributed by atoms with Crippen LogP contribution in [0.25, 0.3) is 5.76 Å². The summed E-state index contributed by atoms with van der Waals surface area (Å²) in [5.74, 6) is -1.94. The Morgan fingerprint density at radius 1 is 0.750 bits per heavy atom. The number of hydrogen-bond donors (Lipinski definition) is 1. The van der Waals surface area contributed by atoms with Crippen LogP contribution in [0.2, 0.25) is 0 Å². The first-order valence-electron chi connectivity index (χ1n) is 11.5. The van der Waals surface area contributed by atoms with Gasteiger partial charge in [-0.1, -0.05) is 66.7 Å². The fourth-order valence-corrected chi connectivity index (χ4v) is 3.84. The second kappa shape index (κ2) is 12.4. The van der Waals surface area contributed by atoms with Gasteiger partial charge in [0.2, 0.25) is 5.70 Å². The molecule has 0 bridgehead atoms. The van der Waals surface area contributed by atoms with Crippen LogP contribution in [0.3, 0.4) is 0 Å². The van der Waals surface area contributed by atoms with Crippen molar-refractivity contribution in [3.05, 3.63) is 132 Å². The molecule has 0 unspecified atom stereocenters. The third-order valence-electron chi connectivity index (χ3n) is 5.26. The number of ether oxygens (including phenoxy) is 2. The lowest BCUT2D eigenvalue weighted by Crippen LogP contribution is -2.08. The number of benzene rings is 4. The first-order valence-corrected chi connectivity index (χ1v) is 13.0. The van der Waals surface area contributed by atoms with Gasteiger partial charge in [-0.25, -0.2) is 9.59 Å². The van der Waals surface area contributed by atoms with E-state index in [4.69, 9.17) is 9.47 Å². The number of nitriles is 1. The summed E-state index contributed by atoms with van der Waals surface area (Å²) in [5, 5.41) is 17.7. The number of esters is 2. The van der Waals surface area contributed by atoms with Gasteiger partial charge in [0, 0.05) is 5.56 Å². The summed E-state index contributed by atoms with van der Waals surface area (Å²) in [7, 11) is -4.66. The van der Waals surface area contributed by atoms with Gasteiger partial charge in [-0.15, -0.1) is 10.2 Å². The summed E-state index contributed by atoms with van der Waals surface area (Å²) in [5.41, 5.74) is 0.0360. The Morgan fingerprint density at radius 3 is 1.80 bits per heavy atom. The second-order valence-electron chi connectivity index (χ2n) is 7.97. The average molecular weight is 554 g/mol. The molecule has 0 fully saturated rings. The number of hydrogen-bond acceptors (Lipinski definition) is 9. The maximum Gasteiger partial charge on any atom is 0.343 e. The Kier molecular flexibility index (Phi) is 8.55. The van der Waals surface area contributed by atoms with Crippen LogP contribution in [0, 0.1) is 11.3 Å². The molecule has 0 saturated heterocycles. The lowest BCUT2D eigenvalue weighted by Gasteiger charge is -2.10. The van der Waals surface area contributed by atoms with E-state index in [0.717, 1.165) is 18.2 Å². The van der Waals surface area contributed by atoms with Crippen molar-refractivity contribution >= 4 is 33.5 Å². The summed E-state index contributed by atoms with van der Waals surface area (Å²) in [6, 6.07) is 29.2. The van der Waals surface area contributed by atoms with Crippen molar-refractivity contribution in [3.63, 3.8) is 0 Å². The molecule has 0 radical (unpaired) electrons. The van der Waals surface area contributed by atoms with E-state index in [2.05, 4.69) is 10.2 Å². The van der Waals surface area contributed by atoms with Gasteiger partial charge in [-0.3, -0.25) is 4.55 Å². The Labute approximate surface area is 229 Å². The summed E-state index contributed by atoms with van der Waals surface area (Å²) in [6.07, 6.45) is 0. The quantitative estimate of drug-likeness (QED) is 0.0697. The van der Waals surface area contributed by atoms with Crippen LogP contribution < -0.4 is 4.74 Å². The lowest BCUT2D eigenvalue weighted by molar-refractivity contribution is 0.0688. The molecular formula is C29H19N3O7S. The van der Waals surface area contributed by atoms with Gasteiger partial charge < -0.3 is 9.47 Å². The largest absolute Gasteiger partial charge is 0.421 e. The predicted octanol–water partition coefficient (Wildman–Crippen LogP) is 5.99. The van der Waals surface area contributed by atoms with Crippen LogP contribution in [-0.2, 0) is 14.9 Å². The van der Waals surface area contributed by atoms with E-state index in [9.17, 15) is 27.8 Å². The van der Waals surface area contributed by atoms with E-state index in [-0.39, 0.29) is 28.3 Å². The number of nitrogens with zero attached hydrogens (tertiary/aromatic N) is 3. The van der Waals surface area contributed by atoms with Crippen molar-refractivity contribution in [3.8, 4) is 11.8 Å². The van der Waals surface area contributed by atoms with Gasteiger partial charge in [0.1, 0.15) is 11.8 Å². The fraction of sp³-hybridized carbons (Fsp3) is 0. The van der Waals surface area contributed by atoms with Crippen LogP contribution in [0.4, 0.5) is 5.69 Å². The van der Waals surface area contributed by atoms with Crippen molar-refractivity contribution in [2.24, 2.45) is 10.2 Å². The minimum absolute atomic E-state index is 0.204. The highest BCUT2D eigenvalue weighted by molar-refractivity contribution is 7.85. The predicted molar refractivity (Wildman–Crippen MR) is 143 cm³/mol. The molecule has 1 N–H and O–H groups in total. The molecule has 198 valence electrons. The Morgan fingerprint density at radius 2 is 1.27 bits per heavy atom. The van der Waals surface area contributed by atoms with E-state index in [1.165, 1.54) is 24.3 Å². The first kappa shape index (κ1) is 27.6. The molecule has 10 nitrogen and oxygen atoms in total. The molecular weight excluding hydrogens is 534 g/mol. The minimum atomic E-state index is -4.66. The highest BCUT2D eigenvalue weighted by Gasteiger charge is 2.19. The monoisotopic (exact) mass is 553 g/mol. The van der Waals surface area contributed by atoms with E-state index < -0.39 is 32.6 Å². The summed E-state index contributed by atoms with van der Waals surface area (Å²) in [4.78, 5) is 24.9. The maximum absolute atomic E-state index is 12.8. The molecule has 0 spiro atoms. The van der Waals surface area contributed by atoms with Crippen molar-refractivity contribution in [2.75, 3.05) is 0 Å². The summed E-state index contributed by atoms with van der Waals surface area (Å²) < 4.78 is 43.9. The molecule has 0 saturated carbocycles. The average Bonchev–Trinajstić information content (AvgIpc) is 2.98. The van der Waals surface area contributed by atoms with Gasteiger partial charge in [-0.2, -0.15) is 13.7 Å². The van der Waals surface area contributed by atoms with E-state index >= 15 is 0 Å². The molecule has 0 heterocycles. The van der Waals surface area contributed by atoms with Crippen LogP contribution in [0.15, 0.2) is 130 Å². The van der Waals surface area contributed by atoms with Gasteiger partial charge in [-0.05, 0) is 42.5 Å². The molecule has 40 heavy (non-hydrogen) atoms. The van der Waals surface area contributed by atoms with Crippen LogP contribution in [0.1, 0.15) is 26.3 Å². The van der Waals surface area contributed by atoms with Gasteiger partial charge in [0.05, 0.1) is 16.0 Å². The van der Waals surface area contributed by atoms with E-state index in [1.807, 2.05) is 6.07 Å². The zero-order chi connectivity index (χ0) is 28.5. The molecule has 4 aromatic carbocycles. The fourth-order valence-electron chi connectivity index (χ4n) is 3.34. The van der Waals surface area contributed by atoms with Crippen LogP contribution in [0.5, 0.6) is 5.75 Å². The molecule has 11 heteroatoms. The third kappa shape index (κ3) is 6.90. The van der Waals surface area contributed by atoms with Crippen molar-refractivity contribution < 1.29 is 32.0 Å². The molecule has 0 amide bonds. The maximum atomic E-state index is 12.8. The summed E-state index contributed by atoms with van der Waals surface area (Å²) in [6.45, 7) is 0. The topological polar surface area (TPSA) is 155 Å². The highest BCUT2D eigenvalue weighted by Crippen LogP contribution is 2.33. The van der Waals surface area contributed by atoms with E-state index in [1.54, 1.807) is 66.7 Å². The van der Waals surface area contributed by atoms with Gasteiger partial charge >= 0.3 is 11.9 Å². The molecule has 0 aromatic heterocycles. The molecule has 0 aliphatic heterocycles. The number of rotatable bonds is 8. The zero-order valence-corrected chi connectivity index (χ0v) is 21.4. The Hall–Kier alpha value is -5.44. The Bertz CT molecular complexity index is 1750. The van der Waals surface area contributed by atoms with Gasteiger partial charge in [0.15, 0.2) is 11.5 Å². The number of allylic oxidation sites excluding steroid dienone is 1. The molecule has 0 atom stereocenters. The third-order valence-corrected chi connectivity index (χ3v) is 6.11. The smallest absolute Gasteiger partial charge is 0.343 e. The minimum Gasteiger partial charge on any atom is -0.421 e.